The van der Waals surface area contributed by atoms with Gasteiger partial charge in [-0.3, -0.25) is 4.90 Å². The summed E-state index contributed by atoms with van der Waals surface area (Å²) in [5.41, 5.74) is 2.83. The summed E-state index contributed by atoms with van der Waals surface area (Å²) in [4.78, 5) is 2.60. The fourth-order valence-corrected chi connectivity index (χ4v) is 3.81. The minimum absolute atomic E-state index is 0.632. The van der Waals surface area contributed by atoms with Gasteiger partial charge in [-0.1, -0.05) is 48.5 Å². The summed E-state index contributed by atoms with van der Waals surface area (Å²) in [6.45, 7) is 4.27. The van der Waals surface area contributed by atoms with Crippen LogP contribution in [0.2, 0.25) is 0 Å². The Morgan fingerprint density at radius 2 is 1.76 bits per heavy atom. The lowest BCUT2D eigenvalue weighted by molar-refractivity contribution is 0.271. The van der Waals surface area contributed by atoms with Gasteiger partial charge in [0.2, 0.25) is 0 Å². The van der Waals surface area contributed by atoms with Gasteiger partial charge in [0.25, 0.3) is 0 Å². The topological polar surface area (TPSA) is 12.5 Å². The lowest BCUT2D eigenvalue weighted by Gasteiger charge is -2.17. The van der Waals surface area contributed by atoms with Gasteiger partial charge in [0, 0.05) is 25.6 Å². The average Bonchev–Trinajstić information content (AvgIpc) is 2.83. The molecule has 1 saturated heterocycles. The van der Waals surface area contributed by atoms with Crippen molar-refractivity contribution in [3.8, 4) is 5.75 Å². The van der Waals surface area contributed by atoms with Gasteiger partial charge in [-0.15, -0.1) is 0 Å². The Bertz CT molecular complexity index is 610. The summed E-state index contributed by atoms with van der Waals surface area (Å²) in [7, 11) is 0. The molecule has 0 radical (unpaired) electrons. The molecule has 0 aliphatic carbocycles. The van der Waals surface area contributed by atoms with Gasteiger partial charge in [0.05, 0.1) is 6.61 Å². The minimum Gasteiger partial charge on any atom is -0.493 e. The maximum Gasteiger partial charge on any atom is 0.122 e. The maximum atomic E-state index is 5.92. The second-order valence-electron chi connectivity index (χ2n) is 6.22. The molecule has 2 aromatic rings. The fourth-order valence-electron chi connectivity index (χ4n) is 3.81. The molecule has 2 aliphatic rings. The highest BCUT2D eigenvalue weighted by molar-refractivity contribution is 5.38. The Kier molecular flexibility index (Phi) is 3.40. The molecule has 2 unspecified atom stereocenters. The zero-order valence-corrected chi connectivity index (χ0v) is 12.2. The molecule has 0 aromatic heterocycles. The van der Waals surface area contributed by atoms with Crippen molar-refractivity contribution in [2.24, 2.45) is 5.92 Å². The van der Waals surface area contributed by atoms with Crippen molar-refractivity contribution in [1.29, 1.82) is 0 Å². The second-order valence-corrected chi connectivity index (χ2v) is 6.22. The Labute approximate surface area is 126 Å². The van der Waals surface area contributed by atoms with Crippen molar-refractivity contribution >= 4 is 0 Å². The number of hydrogen-bond acceptors (Lipinski definition) is 2. The van der Waals surface area contributed by atoms with E-state index in [9.17, 15) is 0 Å². The van der Waals surface area contributed by atoms with Crippen LogP contribution in [0.4, 0.5) is 0 Å². The quantitative estimate of drug-likeness (QED) is 0.831. The third kappa shape index (κ3) is 2.56. The molecule has 4 rings (SSSR count). The molecule has 2 aromatic carbocycles. The summed E-state index contributed by atoms with van der Waals surface area (Å²) in [5.74, 6) is 2.47. The van der Waals surface area contributed by atoms with Gasteiger partial charge >= 0.3 is 0 Å². The molecule has 2 atom stereocenters. The maximum absolute atomic E-state index is 5.92. The van der Waals surface area contributed by atoms with E-state index in [2.05, 4.69) is 59.5 Å². The summed E-state index contributed by atoms with van der Waals surface area (Å²) >= 11 is 0. The van der Waals surface area contributed by atoms with Gasteiger partial charge in [-0.2, -0.15) is 0 Å². The molecular weight excluding hydrogens is 258 g/mol. The molecule has 2 aliphatic heterocycles. The fraction of sp³-hybridized carbons (Fsp3) is 0.368. The molecular formula is C19H21NO. The number of para-hydroxylation sites is 1. The lowest BCUT2D eigenvalue weighted by atomic mass is 9.87. The summed E-state index contributed by atoms with van der Waals surface area (Å²) < 4.78 is 5.92. The second kappa shape index (κ2) is 5.53. The monoisotopic (exact) mass is 279 g/mol. The van der Waals surface area contributed by atoms with E-state index < -0.39 is 0 Å². The van der Waals surface area contributed by atoms with Crippen molar-refractivity contribution < 1.29 is 4.74 Å². The SMILES string of the molecule is c1ccc(CN2CC3CCOc4ccccc4C3C2)cc1. The lowest BCUT2D eigenvalue weighted by Crippen LogP contribution is -2.21. The molecule has 21 heavy (non-hydrogen) atoms. The first-order valence-corrected chi connectivity index (χ1v) is 7.88. The Morgan fingerprint density at radius 1 is 0.952 bits per heavy atom. The predicted molar refractivity (Wildman–Crippen MR) is 84.5 cm³/mol. The number of rotatable bonds is 2. The normalized spacial score (nSPS) is 24.8. The van der Waals surface area contributed by atoms with Gasteiger partial charge in [0.1, 0.15) is 5.75 Å². The first kappa shape index (κ1) is 12.9. The number of likely N-dealkylation sites (tertiary alicyclic amines) is 1. The third-order valence-electron chi connectivity index (χ3n) is 4.83. The standard InChI is InChI=1S/C19H21NO/c1-2-6-15(7-3-1)12-20-13-16-10-11-21-19-9-5-4-8-17(19)18(16)14-20/h1-9,16,18H,10-14H2. The van der Waals surface area contributed by atoms with Crippen LogP contribution in [0.5, 0.6) is 5.75 Å². The van der Waals surface area contributed by atoms with Crippen LogP contribution in [0.25, 0.3) is 0 Å². The zero-order valence-electron chi connectivity index (χ0n) is 12.2. The summed E-state index contributed by atoms with van der Waals surface area (Å²) in [5, 5.41) is 0. The molecule has 0 spiro atoms. The largest absolute Gasteiger partial charge is 0.493 e. The van der Waals surface area contributed by atoms with Crippen LogP contribution in [0.15, 0.2) is 54.6 Å². The van der Waals surface area contributed by atoms with E-state index in [1.807, 2.05) is 0 Å². The molecule has 0 N–H and O–H groups in total. The van der Waals surface area contributed by atoms with E-state index in [4.69, 9.17) is 4.74 Å². The molecule has 1 fully saturated rings. The van der Waals surface area contributed by atoms with Crippen molar-refractivity contribution in [3.63, 3.8) is 0 Å². The highest BCUT2D eigenvalue weighted by Crippen LogP contribution is 2.41. The number of nitrogens with zero attached hydrogens (tertiary/aromatic N) is 1. The highest BCUT2D eigenvalue weighted by Gasteiger charge is 2.36. The van der Waals surface area contributed by atoms with E-state index in [-0.39, 0.29) is 0 Å². The number of ether oxygens (including phenoxy) is 1. The molecule has 2 heterocycles. The van der Waals surface area contributed by atoms with Crippen LogP contribution in [0.1, 0.15) is 23.5 Å². The van der Waals surface area contributed by atoms with Crippen LogP contribution in [0.3, 0.4) is 0 Å². The molecule has 108 valence electrons. The van der Waals surface area contributed by atoms with Crippen LogP contribution in [-0.2, 0) is 6.54 Å². The molecule has 0 bridgehead atoms. The van der Waals surface area contributed by atoms with Crippen LogP contribution in [0, 0.1) is 5.92 Å². The van der Waals surface area contributed by atoms with Gasteiger partial charge in [-0.05, 0) is 29.5 Å². The van der Waals surface area contributed by atoms with E-state index in [1.165, 1.54) is 24.1 Å². The first-order chi connectivity index (χ1) is 10.4. The van der Waals surface area contributed by atoms with Crippen LogP contribution >= 0.6 is 0 Å². The van der Waals surface area contributed by atoms with Crippen LogP contribution in [-0.4, -0.2) is 24.6 Å². The zero-order chi connectivity index (χ0) is 14.1. The Hall–Kier alpha value is -1.80. The van der Waals surface area contributed by atoms with Crippen molar-refractivity contribution in [2.45, 2.75) is 18.9 Å². The molecule has 0 amide bonds. The van der Waals surface area contributed by atoms with Gasteiger partial charge in [-0.25, -0.2) is 0 Å². The van der Waals surface area contributed by atoms with E-state index in [0.29, 0.717) is 5.92 Å². The number of hydrogen-bond donors (Lipinski definition) is 0. The van der Waals surface area contributed by atoms with Crippen molar-refractivity contribution in [3.05, 3.63) is 65.7 Å². The smallest absolute Gasteiger partial charge is 0.122 e. The van der Waals surface area contributed by atoms with E-state index in [0.717, 1.165) is 31.4 Å². The summed E-state index contributed by atoms with van der Waals surface area (Å²) in [6, 6.07) is 19.4. The highest BCUT2D eigenvalue weighted by atomic mass is 16.5. The Balaban J connectivity index is 1.55. The van der Waals surface area contributed by atoms with Crippen molar-refractivity contribution in [2.75, 3.05) is 19.7 Å². The molecule has 0 saturated carbocycles. The number of benzene rings is 2. The van der Waals surface area contributed by atoms with Crippen molar-refractivity contribution in [1.82, 2.24) is 4.90 Å². The molecule has 2 nitrogen and oxygen atoms in total. The predicted octanol–water partition coefficient (Wildman–Crippen LogP) is 3.68. The molecule has 2 heteroatoms. The summed E-state index contributed by atoms with van der Waals surface area (Å²) in [6.07, 6.45) is 1.17. The minimum atomic E-state index is 0.632. The Morgan fingerprint density at radius 3 is 2.67 bits per heavy atom. The average molecular weight is 279 g/mol. The van der Waals surface area contributed by atoms with Gasteiger partial charge in [0.15, 0.2) is 0 Å². The first-order valence-electron chi connectivity index (χ1n) is 7.88. The third-order valence-corrected chi connectivity index (χ3v) is 4.83. The van der Waals surface area contributed by atoms with Crippen LogP contribution < -0.4 is 4.74 Å². The van der Waals surface area contributed by atoms with Gasteiger partial charge < -0.3 is 4.74 Å². The van der Waals surface area contributed by atoms with E-state index in [1.54, 1.807) is 0 Å². The van der Waals surface area contributed by atoms with E-state index >= 15 is 0 Å². The number of fused-ring (bicyclic) bond motifs is 3.